The van der Waals surface area contributed by atoms with Crippen LogP contribution < -0.4 is 14.2 Å². The van der Waals surface area contributed by atoms with E-state index in [0.29, 0.717) is 11.3 Å². The lowest BCUT2D eigenvalue weighted by Crippen LogP contribution is -2.64. The molecule has 15 nitrogen and oxygen atoms in total. The first-order chi connectivity index (χ1) is 20.4. The molecule has 43 heavy (non-hydrogen) atoms. The van der Waals surface area contributed by atoms with Crippen LogP contribution in [0.1, 0.15) is 35.4 Å². The standard InChI is InChI=1S/C28H34O15/c1-10-21(33)23(35)25(37)27(39-10)43-26-24(36)22(34)19(9-29)42-28(26)40-14-6-15(31)20-16(32)8-17(41-18(20)7-14)11-3-12(30)5-13(4-11)38-2/h3-7,10,17,19,21-31,33-37H,8-9H2,1-2H3/t10-,17-,19+,21-,22+,23+,24-,25+,26+,27-,28+/m0/s1. The first kappa shape index (κ1) is 31.2. The van der Waals surface area contributed by atoms with Gasteiger partial charge in [0.2, 0.25) is 6.29 Å². The zero-order valence-electron chi connectivity index (χ0n) is 23.1. The first-order valence-corrected chi connectivity index (χ1v) is 13.5. The van der Waals surface area contributed by atoms with E-state index < -0.39 is 85.7 Å². The van der Waals surface area contributed by atoms with Crippen molar-refractivity contribution in [3.63, 3.8) is 0 Å². The van der Waals surface area contributed by atoms with Crippen molar-refractivity contribution in [2.45, 2.75) is 80.9 Å². The monoisotopic (exact) mass is 610 g/mol. The van der Waals surface area contributed by atoms with Gasteiger partial charge in [-0.25, -0.2) is 0 Å². The van der Waals surface area contributed by atoms with Crippen molar-refractivity contribution in [1.82, 2.24) is 0 Å². The van der Waals surface area contributed by atoms with E-state index in [0.717, 1.165) is 6.07 Å². The Kier molecular flexibility index (Phi) is 8.99. The Bertz CT molecular complexity index is 1320. The van der Waals surface area contributed by atoms with Crippen LogP contribution in [0.2, 0.25) is 0 Å². The predicted octanol–water partition coefficient (Wildman–Crippen LogP) is -1.16. The van der Waals surface area contributed by atoms with E-state index in [-0.39, 0.29) is 29.2 Å². The van der Waals surface area contributed by atoms with Crippen molar-refractivity contribution in [3.8, 4) is 28.7 Å². The molecule has 2 aromatic rings. The molecular weight excluding hydrogens is 576 g/mol. The Morgan fingerprint density at radius 3 is 2.30 bits per heavy atom. The van der Waals surface area contributed by atoms with Crippen LogP contribution in [0.15, 0.2) is 30.3 Å². The summed E-state index contributed by atoms with van der Waals surface area (Å²) in [7, 11) is 1.41. The van der Waals surface area contributed by atoms with Gasteiger partial charge < -0.3 is 69.3 Å². The van der Waals surface area contributed by atoms with E-state index in [1.807, 2.05) is 0 Å². The average Bonchev–Trinajstić information content (AvgIpc) is 2.97. The van der Waals surface area contributed by atoms with E-state index in [1.54, 1.807) is 6.07 Å². The Balaban J connectivity index is 1.42. The fourth-order valence-electron chi connectivity index (χ4n) is 5.29. The number of rotatable bonds is 7. The molecule has 3 aliphatic heterocycles. The van der Waals surface area contributed by atoms with Crippen LogP contribution in [0.25, 0.3) is 0 Å². The van der Waals surface area contributed by atoms with E-state index in [2.05, 4.69) is 0 Å². The fourth-order valence-corrected chi connectivity index (χ4v) is 5.29. The summed E-state index contributed by atoms with van der Waals surface area (Å²) in [5.41, 5.74) is 0.318. The number of carbonyl (C=O) groups is 1. The van der Waals surface area contributed by atoms with E-state index in [1.165, 1.54) is 32.2 Å². The molecule has 0 amide bonds. The Hall–Kier alpha value is -3.25. The van der Waals surface area contributed by atoms with Gasteiger partial charge in [0, 0.05) is 23.8 Å². The van der Waals surface area contributed by atoms with Crippen molar-refractivity contribution >= 4 is 5.78 Å². The number of hydrogen-bond acceptors (Lipinski definition) is 15. The van der Waals surface area contributed by atoms with Crippen molar-refractivity contribution in [2.24, 2.45) is 0 Å². The third-order valence-electron chi connectivity index (χ3n) is 7.67. The van der Waals surface area contributed by atoms with Gasteiger partial charge in [-0.15, -0.1) is 0 Å². The number of methoxy groups -OCH3 is 1. The minimum absolute atomic E-state index is 0.0666. The summed E-state index contributed by atoms with van der Waals surface area (Å²) in [5, 5.41) is 82.4. The molecule has 8 N–H and O–H groups in total. The highest BCUT2D eigenvalue weighted by molar-refractivity contribution is 6.02. The van der Waals surface area contributed by atoms with Crippen LogP contribution in [0.5, 0.6) is 28.7 Å². The van der Waals surface area contributed by atoms with E-state index in [9.17, 15) is 45.6 Å². The second-order valence-electron chi connectivity index (χ2n) is 10.6. The first-order valence-electron chi connectivity index (χ1n) is 13.5. The van der Waals surface area contributed by atoms with Crippen molar-refractivity contribution in [1.29, 1.82) is 0 Å². The summed E-state index contributed by atoms with van der Waals surface area (Å²) in [6.45, 7) is 0.698. The zero-order valence-corrected chi connectivity index (χ0v) is 23.1. The molecule has 2 saturated heterocycles. The largest absolute Gasteiger partial charge is 0.508 e. The third-order valence-corrected chi connectivity index (χ3v) is 7.67. The Morgan fingerprint density at radius 2 is 1.60 bits per heavy atom. The molecule has 0 bridgehead atoms. The topological polar surface area (TPSA) is 234 Å². The number of carbonyl (C=O) groups excluding carboxylic acids is 1. The second-order valence-corrected chi connectivity index (χ2v) is 10.6. The van der Waals surface area contributed by atoms with Crippen LogP contribution in [0.3, 0.4) is 0 Å². The molecule has 0 saturated carbocycles. The maximum atomic E-state index is 13.0. The lowest BCUT2D eigenvalue weighted by atomic mass is 9.95. The van der Waals surface area contributed by atoms with Crippen molar-refractivity contribution in [2.75, 3.05) is 13.7 Å². The van der Waals surface area contributed by atoms with Crippen LogP contribution in [-0.4, -0.2) is 122 Å². The molecule has 0 aliphatic carbocycles. The number of hydrogen-bond donors (Lipinski definition) is 8. The van der Waals surface area contributed by atoms with Gasteiger partial charge in [-0.3, -0.25) is 4.79 Å². The quantitative estimate of drug-likeness (QED) is 0.185. The third kappa shape index (κ3) is 6.08. The van der Waals surface area contributed by atoms with Crippen LogP contribution in [0.4, 0.5) is 0 Å². The number of Topliss-reactive ketones (excluding diaryl/α,β-unsaturated/α-hetero) is 1. The molecule has 0 aromatic heterocycles. The van der Waals surface area contributed by atoms with Crippen LogP contribution in [-0.2, 0) is 14.2 Å². The fraction of sp³-hybridized carbons (Fsp3) is 0.536. The number of ether oxygens (including phenoxy) is 6. The summed E-state index contributed by atoms with van der Waals surface area (Å²) in [6.07, 6.45) is -16.4. The number of ketones is 1. The molecule has 0 radical (unpaired) electrons. The summed E-state index contributed by atoms with van der Waals surface area (Å²) < 4.78 is 33.8. The molecule has 0 spiro atoms. The van der Waals surface area contributed by atoms with E-state index >= 15 is 0 Å². The normalized spacial score (nSPS) is 36.0. The number of fused-ring (bicyclic) bond motifs is 1. The van der Waals surface area contributed by atoms with Gasteiger partial charge in [0.1, 0.15) is 77.0 Å². The van der Waals surface area contributed by atoms with Crippen LogP contribution >= 0.6 is 0 Å². The van der Waals surface area contributed by atoms with Gasteiger partial charge >= 0.3 is 0 Å². The Labute approximate surface area is 245 Å². The molecule has 0 unspecified atom stereocenters. The molecule has 11 atom stereocenters. The highest BCUT2D eigenvalue weighted by atomic mass is 16.8. The highest BCUT2D eigenvalue weighted by Crippen LogP contribution is 2.43. The minimum atomic E-state index is -1.76. The molecule has 3 heterocycles. The number of phenols is 2. The number of aliphatic hydroxyl groups excluding tert-OH is 6. The maximum absolute atomic E-state index is 13.0. The van der Waals surface area contributed by atoms with Gasteiger partial charge in [0.05, 0.1) is 26.2 Å². The number of phenolic OH excluding ortho intramolecular Hbond substituents is 2. The summed E-state index contributed by atoms with van der Waals surface area (Å²) in [6, 6.07) is 6.75. The number of benzene rings is 2. The van der Waals surface area contributed by atoms with Gasteiger partial charge in [-0.05, 0) is 19.1 Å². The molecule has 3 aliphatic rings. The SMILES string of the molecule is COc1cc(O)cc([C@@H]2CC(=O)c3c(O)cc(O[C@@H]4O[C@H](CO)[C@@H](O)[C@H](O)[C@H]4O[C@@H]4O[C@@H](C)[C@H](O)[C@@H](O)[C@H]4O)cc3O2)c1. The van der Waals surface area contributed by atoms with Gasteiger partial charge in [-0.2, -0.15) is 0 Å². The van der Waals surface area contributed by atoms with Crippen molar-refractivity contribution in [3.05, 3.63) is 41.5 Å². The minimum Gasteiger partial charge on any atom is -0.508 e. The van der Waals surface area contributed by atoms with Gasteiger partial charge in [0.15, 0.2) is 18.2 Å². The number of aliphatic hydroxyl groups is 6. The zero-order chi connectivity index (χ0) is 31.2. The molecule has 2 fully saturated rings. The van der Waals surface area contributed by atoms with Gasteiger partial charge in [-0.1, -0.05) is 0 Å². The second kappa shape index (κ2) is 12.4. The molecule has 2 aromatic carbocycles. The van der Waals surface area contributed by atoms with E-state index in [4.69, 9.17) is 28.4 Å². The van der Waals surface area contributed by atoms with Gasteiger partial charge in [0.25, 0.3) is 0 Å². The summed E-state index contributed by atoms with van der Waals surface area (Å²) in [5.74, 6) is -0.924. The number of aromatic hydroxyl groups is 2. The smallest absolute Gasteiger partial charge is 0.229 e. The molecule has 15 heteroatoms. The predicted molar refractivity (Wildman–Crippen MR) is 141 cm³/mol. The molecule has 5 rings (SSSR count). The lowest BCUT2D eigenvalue weighted by Gasteiger charge is -2.45. The molecule has 236 valence electrons. The maximum Gasteiger partial charge on any atom is 0.229 e. The Morgan fingerprint density at radius 1 is 0.860 bits per heavy atom. The highest BCUT2D eigenvalue weighted by Gasteiger charge is 2.51. The van der Waals surface area contributed by atoms with Crippen molar-refractivity contribution < 1.29 is 74.1 Å². The van der Waals surface area contributed by atoms with Crippen LogP contribution in [0, 0.1) is 0 Å². The summed E-state index contributed by atoms with van der Waals surface area (Å²) in [4.78, 5) is 13.0. The molecular formula is C28H34O15. The average molecular weight is 611 g/mol. The lowest BCUT2D eigenvalue weighted by molar-refractivity contribution is -0.354. The summed E-state index contributed by atoms with van der Waals surface area (Å²) >= 11 is 0.